The SMILES string of the molecule is O=C1OC(c2ccc(Cl)c(Cl)c2)=N/C1=C\c1cccs1. The van der Waals surface area contributed by atoms with Crippen molar-refractivity contribution in [1.82, 2.24) is 0 Å². The van der Waals surface area contributed by atoms with Crippen molar-refractivity contribution < 1.29 is 9.53 Å². The summed E-state index contributed by atoms with van der Waals surface area (Å²) in [4.78, 5) is 16.9. The molecular weight excluding hydrogens is 317 g/mol. The van der Waals surface area contributed by atoms with Crippen LogP contribution < -0.4 is 0 Å². The fourth-order valence-electron chi connectivity index (χ4n) is 1.67. The molecule has 0 unspecified atom stereocenters. The molecule has 0 saturated carbocycles. The lowest BCUT2D eigenvalue weighted by Gasteiger charge is -2.01. The molecule has 1 aliphatic rings. The van der Waals surface area contributed by atoms with E-state index in [-0.39, 0.29) is 11.6 Å². The third-order valence-corrected chi connectivity index (χ3v) is 4.17. The Bertz CT molecular complexity index is 736. The van der Waals surface area contributed by atoms with E-state index in [1.165, 1.54) is 11.3 Å². The highest BCUT2D eigenvalue weighted by Gasteiger charge is 2.24. The van der Waals surface area contributed by atoms with Crippen molar-refractivity contribution in [2.24, 2.45) is 4.99 Å². The number of esters is 1. The summed E-state index contributed by atoms with van der Waals surface area (Å²) in [6, 6.07) is 8.76. The summed E-state index contributed by atoms with van der Waals surface area (Å²) in [6.07, 6.45) is 1.69. The Hall–Kier alpha value is -1.62. The second-order valence-electron chi connectivity index (χ2n) is 3.98. The molecule has 1 aliphatic heterocycles. The lowest BCUT2D eigenvalue weighted by Crippen LogP contribution is -2.05. The summed E-state index contributed by atoms with van der Waals surface area (Å²) >= 11 is 13.3. The number of ether oxygens (including phenoxy) is 1. The highest BCUT2D eigenvalue weighted by Crippen LogP contribution is 2.26. The first-order valence-corrected chi connectivity index (χ1v) is 7.28. The Kier molecular flexibility index (Phi) is 3.61. The molecule has 0 fully saturated rings. The molecule has 0 N–H and O–H groups in total. The Morgan fingerprint density at radius 2 is 2.05 bits per heavy atom. The third kappa shape index (κ3) is 2.63. The van der Waals surface area contributed by atoms with E-state index in [1.54, 1.807) is 24.3 Å². The average Bonchev–Trinajstić information content (AvgIpc) is 3.04. The molecular formula is C14H7Cl2NO2S. The van der Waals surface area contributed by atoms with E-state index in [0.29, 0.717) is 15.6 Å². The van der Waals surface area contributed by atoms with Gasteiger partial charge in [-0.05, 0) is 35.7 Å². The summed E-state index contributed by atoms with van der Waals surface area (Å²) in [6.45, 7) is 0. The monoisotopic (exact) mass is 323 g/mol. The molecule has 0 radical (unpaired) electrons. The summed E-state index contributed by atoms with van der Waals surface area (Å²) < 4.78 is 5.15. The lowest BCUT2D eigenvalue weighted by atomic mass is 10.2. The van der Waals surface area contributed by atoms with Gasteiger partial charge in [0.05, 0.1) is 10.0 Å². The van der Waals surface area contributed by atoms with Crippen LogP contribution in [0.4, 0.5) is 0 Å². The highest BCUT2D eigenvalue weighted by atomic mass is 35.5. The first-order chi connectivity index (χ1) is 9.63. The zero-order chi connectivity index (χ0) is 14.1. The Morgan fingerprint density at radius 3 is 2.75 bits per heavy atom. The maximum atomic E-state index is 11.8. The molecule has 0 bridgehead atoms. The first kappa shape index (κ1) is 13.4. The molecule has 6 heteroatoms. The van der Waals surface area contributed by atoms with Gasteiger partial charge in [0.2, 0.25) is 5.90 Å². The maximum Gasteiger partial charge on any atom is 0.363 e. The first-order valence-electron chi connectivity index (χ1n) is 5.65. The summed E-state index contributed by atoms with van der Waals surface area (Å²) in [5.74, 6) is -0.240. The largest absolute Gasteiger partial charge is 0.402 e. The van der Waals surface area contributed by atoms with Gasteiger partial charge in [0, 0.05) is 10.4 Å². The zero-order valence-corrected chi connectivity index (χ0v) is 12.3. The van der Waals surface area contributed by atoms with Gasteiger partial charge < -0.3 is 4.74 Å². The van der Waals surface area contributed by atoms with Crippen LogP contribution >= 0.6 is 34.5 Å². The number of hydrogen-bond acceptors (Lipinski definition) is 4. The van der Waals surface area contributed by atoms with Crippen LogP contribution in [0.5, 0.6) is 0 Å². The summed E-state index contributed by atoms with van der Waals surface area (Å²) in [7, 11) is 0. The number of nitrogens with zero attached hydrogens (tertiary/aromatic N) is 1. The molecule has 2 aromatic rings. The standard InChI is InChI=1S/C14H7Cl2NO2S/c15-10-4-3-8(6-11(10)16)13-17-12(14(18)19-13)7-9-2-1-5-20-9/h1-7H/b12-7-. The van der Waals surface area contributed by atoms with Crippen molar-refractivity contribution in [3.8, 4) is 0 Å². The van der Waals surface area contributed by atoms with Crippen molar-refractivity contribution in [2.45, 2.75) is 0 Å². The van der Waals surface area contributed by atoms with Crippen molar-refractivity contribution in [3.63, 3.8) is 0 Å². The number of halogens is 2. The van der Waals surface area contributed by atoms with E-state index >= 15 is 0 Å². The number of aliphatic imine (C=N–C) groups is 1. The van der Waals surface area contributed by atoms with Gasteiger partial charge in [-0.3, -0.25) is 0 Å². The average molecular weight is 324 g/mol. The number of thiophene rings is 1. The number of benzene rings is 1. The van der Waals surface area contributed by atoms with Gasteiger partial charge in [-0.15, -0.1) is 11.3 Å². The second-order valence-corrected chi connectivity index (χ2v) is 5.77. The molecule has 1 aromatic heterocycles. The Morgan fingerprint density at radius 1 is 1.20 bits per heavy atom. The smallest absolute Gasteiger partial charge is 0.363 e. The van der Waals surface area contributed by atoms with Crippen molar-refractivity contribution in [3.05, 3.63) is 61.9 Å². The maximum absolute atomic E-state index is 11.8. The molecule has 20 heavy (non-hydrogen) atoms. The summed E-state index contributed by atoms with van der Waals surface area (Å²) in [5, 5.41) is 2.75. The van der Waals surface area contributed by atoms with Crippen LogP contribution in [-0.4, -0.2) is 11.9 Å². The van der Waals surface area contributed by atoms with Crippen LogP contribution in [0.15, 0.2) is 46.4 Å². The fourth-order valence-corrected chi connectivity index (χ4v) is 2.62. The molecule has 2 heterocycles. The lowest BCUT2D eigenvalue weighted by molar-refractivity contribution is -0.129. The van der Waals surface area contributed by atoms with Crippen LogP contribution in [0.3, 0.4) is 0 Å². The van der Waals surface area contributed by atoms with Crippen LogP contribution in [-0.2, 0) is 9.53 Å². The van der Waals surface area contributed by atoms with E-state index < -0.39 is 5.97 Å². The number of hydrogen-bond donors (Lipinski definition) is 0. The van der Waals surface area contributed by atoms with Crippen molar-refractivity contribution >= 4 is 52.5 Å². The predicted molar refractivity (Wildman–Crippen MR) is 81.4 cm³/mol. The minimum Gasteiger partial charge on any atom is -0.402 e. The van der Waals surface area contributed by atoms with Gasteiger partial charge in [-0.25, -0.2) is 9.79 Å². The Labute approximate surface area is 129 Å². The van der Waals surface area contributed by atoms with Crippen molar-refractivity contribution in [2.75, 3.05) is 0 Å². The quantitative estimate of drug-likeness (QED) is 0.607. The van der Waals surface area contributed by atoms with Gasteiger partial charge in [-0.1, -0.05) is 29.3 Å². The normalized spacial score (nSPS) is 16.4. The number of cyclic esters (lactones) is 1. The van der Waals surface area contributed by atoms with E-state index in [2.05, 4.69) is 4.99 Å². The van der Waals surface area contributed by atoms with Gasteiger partial charge in [0.15, 0.2) is 5.70 Å². The molecule has 0 amide bonds. The molecule has 3 nitrogen and oxygen atoms in total. The van der Waals surface area contributed by atoms with Crippen molar-refractivity contribution in [1.29, 1.82) is 0 Å². The molecule has 1 aromatic carbocycles. The minimum atomic E-state index is -0.473. The van der Waals surface area contributed by atoms with E-state index in [4.69, 9.17) is 27.9 Å². The Balaban J connectivity index is 1.96. The molecule has 0 spiro atoms. The van der Waals surface area contributed by atoms with Crippen LogP contribution in [0.2, 0.25) is 10.0 Å². The molecule has 0 aliphatic carbocycles. The topological polar surface area (TPSA) is 38.7 Å². The van der Waals surface area contributed by atoms with Crippen LogP contribution in [0, 0.1) is 0 Å². The zero-order valence-electron chi connectivity index (χ0n) is 9.97. The van der Waals surface area contributed by atoms with Gasteiger partial charge in [0.1, 0.15) is 0 Å². The second kappa shape index (κ2) is 5.40. The molecule has 100 valence electrons. The minimum absolute atomic E-state index is 0.233. The highest BCUT2D eigenvalue weighted by molar-refractivity contribution is 7.10. The molecule has 0 atom stereocenters. The molecule has 0 saturated heterocycles. The van der Waals surface area contributed by atoms with Gasteiger partial charge in [0.25, 0.3) is 0 Å². The van der Waals surface area contributed by atoms with E-state index in [9.17, 15) is 4.79 Å². The number of carbonyl (C=O) groups excluding carboxylic acids is 1. The third-order valence-electron chi connectivity index (χ3n) is 2.61. The van der Waals surface area contributed by atoms with Gasteiger partial charge in [-0.2, -0.15) is 0 Å². The number of rotatable bonds is 2. The fraction of sp³-hybridized carbons (Fsp3) is 0. The summed E-state index contributed by atoms with van der Waals surface area (Å²) in [5.41, 5.74) is 0.885. The van der Waals surface area contributed by atoms with E-state index in [1.807, 2.05) is 17.5 Å². The van der Waals surface area contributed by atoms with Crippen LogP contribution in [0.25, 0.3) is 6.08 Å². The van der Waals surface area contributed by atoms with Crippen LogP contribution in [0.1, 0.15) is 10.4 Å². The number of carbonyl (C=O) groups is 1. The van der Waals surface area contributed by atoms with E-state index in [0.717, 1.165) is 4.88 Å². The predicted octanol–water partition coefficient (Wildman–Crippen LogP) is 4.40. The van der Waals surface area contributed by atoms with Gasteiger partial charge >= 0.3 is 5.97 Å². The molecule has 3 rings (SSSR count).